The van der Waals surface area contributed by atoms with Crippen molar-refractivity contribution in [3.05, 3.63) is 11.6 Å². The Morgan fingerprint density at radius 2 is 1.45 bits per heavy atom. The summed E-state index contributed by atoms with van der Waals surface area (Å²) in [5.41, 5.74) is 1.24. The summed E-state index contributed by atoms with van der Waals surface area (Å²) in [6.07, 6.45) is 5.52. The van der Waals surface area contributed by atoms with Crippen molar-refractivity contribution in [1.82, 2.24) is 0 Å². The molecule has 0 N–H and O–H groups in total. The summed E-state index contributed by atoms with van der Waals surface area (Å²) < 4.78 is 31.4. The lowest BCUT2D eigenvalue weighted by atomic mass is 9.47. The zero-order valence-corrected chi connectivity index (χ0v) is 28.5. The highest BCUT2D eigenvalue weighted by Gasteiger charge is 2.60. The van der Waals surface area contributed by atoms with E-state index in [2.05, 4.69) is 13.8 Å². The number of esters is 4. The van der Waals surface area contributed by atoms with Gasteiger partial charge in [0.1, 0.15) is 19.3 Å². The van der Waals surface area contributed by atoms with Gasteiger partial charge < -0.3 is 28.4 Å². The van der Waals surface area contributed by atoms with Crippen LogP contribution >= 0.6 is 0 Å². The number of carbonyl (C=O) groups is 6. The van der Waals surface area contributed by atoms with E-state index in [1.54, 1.807) is 6.92 Å². The van der Waals surface area contributed by atoms with Crippen molar-refractivity contribution in [2.45, 2.75) is 124 Å². The highest BCUT2D eigenvalue weighted by molar-refractivity contribution is 5.91. The molecule has 4 aliphatic carbocycles. The Morgan fingerprint density at radius 1 is 0.809 bits per heavy atom. The van der Waals surface area contributed by atoms with Crippen LogP contribution in [-0.2, 0) is 52.4 Å². The molecule has 4 rings (SSSR count). The third kappa shape index (κ3) is 8.93. The monoisotopic (exact) mass is 662 g/mol. The topological polar surface area (TPSA) is 158 Å². The third-order valence-corrected chi connectivity index (χ3v) is 10.9. The number of hydrogen-bond acceptors (Lipinski definition) is 12. The molecule has 0 aromatic heterocycles. The van der Waals surface area contributed by atoms with E-state index in [0.717, 1.165) is 44.9 Å². The van der Waals surface area contributed by atoms with Crippen molar-refractivity contribution < 1.29 is 57.2 Å². The summed E-state index contributed by atoms with van der Waals surface area (Å²) in [5, 5.41) is 0. The second kappa shape index (κ2) is 15.2. The van der Waals surface area contributed by atoms with Crippen LogP contribution in [0, 0.1) is 34.5 Å². The van der Waals surface area contributed by atoms with Crippen LogP contribution in [0.3, 0.4) is 0 Å². The molecule has 3 saturated carbocycles. The summed E-state index contributed by atoms with van der Waals surface area (Å²) in [6.45, 7) is 9.49. The molecule has 0 heterocycles. The lowest BCUT2D eigenvalue weighted by Gasteiger charge is -2.57. The molecule has 0 aliphatic heterocycles. The predicted molar refractivity (Wildman–Crippen MR) is 165 cm³/mol. The van der Waals surface area contributed by atoms with Crippen LogP contribution in [0.2, 0.25) is 0 Å². The van der Waals surface area contributed by atoms with E-state index in [9.17, 15) is 28.8 Å². The van der Waals surface area contributed by atoms with Crippen molar-refractivity contribution >= 4 is 35.8 Å². The average molecular weight is 663 g/mol. The van der Waals surface area contributed by atoms with Crippen LogP contribution in [0.15, 0.2) is 11.6 Å². The van der Waals surface area contributed by atoms with E-state index in [1.807, 2.05) is 6.08 Å². The maximum absolute atomic E-state index is 12.8. The first-order valence-corrected chi connectivity index (χ1v) is 16.9. The minimum atomic E-state index is -1.19. The molecule has 0 amide bonds. The van der Waals surface area contributed by atoms with Gasteiger partial charge in [0, 0.05) is 45.4 Å². The molecule has 8 atom stereocenters. The molecule has 0 aromatic carbocycles. The van der Waals surface area contributed by atoms with Gasteiger partial charge in [-0.3, -0.25) is 24.0 Å². The molecular weight excluding hydrogens is 612 g/mol. The quantitative estimate of drug-likeness (QED) is 0.149. The van der Waals surface area contributed by atoms with Crippen molar-refractivity contribution in [1.29, 1.82) is 0 Å². The molecule has 12 nitrogen and oxygen atoms in total. The molecule has 0 aromatic rings. The fourth-order valence-corrected chi connectivity index (χ4v) is 8.65. The molecule has 12 heteroatoms. The molecule has 0 spiro atoms. The fraction of sp³-hybridized carbons (Fsp3) is 0.771. The Balaban J connectivity index is 1.21. The van der Waals surface area contributed by atoms with E-state index in [0.29, 0.717) is 24.2 Å². The highest BCUT2D eigenvalue weighted by atomic mass is 16.8. The van der Waals surface area contributed by atoms with E-state index >= 15 is 0 Å². The Labute approximate surface area is 276 Å². The Bertz CT molecular complexity index is 1240. The van der Waals surface area contributed by atoms with Crippen molar-refractivity contribution in [3.8, 4) is 0 Å². The molecule has 3 fully saturated rings. The zero-order valence-electron chi connectivity index (χ0n) is 28.5. The SMILES string of the molecule is CC(=O)OCC(COC(C)=O)OC(=O)CC(C)CC(=O)OC(C)OC(=O)O[C@H]1CC[C@H]2[C@@H]3CCC4=CC(=O)CC[C@]4(C)[C@H]3CC[C@]12C. The number of ether oxygens (including phenoxy) is 6. The summed E-state index contributed by atoms with van der Waals surface area (Å²) in [5.74, 6) is -1.24. The summed E-state index contributed by atoms with van der Waals surface area (Å²) >= 11 is 0. The third-order valence-electron chi connectivity index (χ3n) is 10.9. The fourth-order valence-electron chi connectivity index (χ4n) is 8.65. The Hall–Kier alpha value is -3.44. The number of fused-ring (bicyclic) bond motifs is 5. The lowest BCUT2D eigenvalue weighted by molar-refractivity contribution is -0.172. The van der Waals surface area contributed by atoms with Crippen molar-refractivity contribution in [2.75, 3.05) is 13.2 Å². The second-order valence-corrected chi connectivity index (χ2v) is 14.4. The van der Waals surface area contributed by atoms with Gasteiger partial charge in [-0.25, -0.2) is 4.79 Å². The van der Waals surface area contributed by atoms with Gasteiger partial charge in [-0.15, -0.1) is 0 Å². The van der Waals surface area contributed by atoms with Gasteiger partial charge in [-0.05, 0) is 80.1 Å². The van der Waals surface area contributed by atoms with E-state index in [-0.39, 0.29) is 48.8 Å². The molecule has 0 saturated heterocycles. The van der Waals surface area contributed by atoms with E-state index < -0.39 is 48.3 Å². The minimum absolute atomic E-state index is 0.0754. The first-order chi connectivity index (χ1) is 22.1. The minimum Gasteiger partial charge on any atom is -0.462 e. The summed E-state index contributed by atoms with van der Waals surface area (Å²) in [6, 6.07) is 0. The Kier molecular flexibility index (Phi) is 11.8. The van der Waals surface area contributed by atoms with Crippen LogP contribution in [0.4, 0.5) is 4.79 Å². The average Bonchev–Trinajstić information content (AvgIpc) is 3.29. The molecule has 0 radical (unpaired) electrons. The maximum Gasteiger partial charge on any atom is 0.511 e. The number of hydrogen-bond donors (Lipinski definition) is 0. The van der Waals surface area contributed by atoms with Crippen LogP contribution in [0.25, 0.3) is 0 Å². The van der Waals surface area contributed by atoms with Crippen LogP contribution in [-0.4, -0.2) is 67.5 Å². The number of rotatable bonds is 12. The standard InChI is InChI=1S/C35H50O12/c1-20(16-32(40)46-26(18-42-21(2)36)19-43-22(3)37)15-31(39)44-23(4)45-33(41)47-30-10-9-28-27-8-7-24-17-25(38)11-13-34(24,5)29(27)12-14-35(28,30)6/h17,20,23,26-30H,7-16,18-19H2,1-6H3/t20?,23?,27-,28-,29-,30-,34-,35-/m0/s1. The first-order valence-electron chi connectivity index (χ1n) is 16.9. The van der Waals surface area contributed by atoms with Gasteiger partial charge in [-0.2, -0.15) is 0 Å². The predicted octanol–water partition coefficient (Wildman–Crippen LogP) is 5.38. The van der Waals surface area contributed by atoms with Crippen molar-refractivity contribution in [2.24, 2.45) is 34.5 Å². The molecule has 47 heavy (non-hydrogen) atoms. The van der Waals surface area contributed by atoms with E-state index in [4.69, 9.17) is 28.4 Å². The van der Waals surface area contributed by atoms with Gasteiger partial charge in [-0.1, -0.05) is 26.3 Å². The smallest absolute Gasteiger partial charge is 0.462 e. The zero-order chi connectivity index (χ0) is 34.5. The van der Waals surface area contributed by atoms with Gasteiger partial charge in [0.25, 0.3) is 0 Å². The maximum atomic E-state index is 12.8. The lowest BCUT2D eigenvalue weighted by Crippen LogP contribution is -2.51. The first kappa shape index (κ1) is 36.4. The van der Waals surface area contributed by atoms with E-state index in [1.165, 1.54) is 26.3 Å². The van der Waals surface area contributed by atoms with Crippen LogP contribution in [0.1, 0.15) is 106 Å². The second-order valence-electron chi connectivity index (χ2n) is 14.4. The van der Waals surface area contributed by atoms with Gasteiger partial charge in [0.2, 0.25) is 6.29 Å². The molecule has 2 unspecified atom stereocenters. The van der Waals surface area contributed by atoms with Crippen LogP contribution < -0.4 is 0 Å². The number of ketones is 1. The Morgan fingerprint density at radius 3 is 2.09 bits per heavy atom. The summed E-state index contributed by atoms with van der Waals surface area (Å²) in [7, 11) is 0. The highest BCUT2D eigenvalue weighted by Crippen LogP contribution is 2.65. The van der Waals surface area contributed by atoms with Crippen LogP contribution in [0.5, 0.6) is 0 Å². The molecular formula is C35H50O12. The number of allylic oxidation sites excluding steroid dienone is 1. The van der Waals surface area contributed by atoms with Crippen molar-refractivity contribution in [3.63, 3.8) is 0 Å². The molecule has 4 aliphatic rings. The van der Waals surface area contributed by atoms with Gasteiger partial charge in [0.15, 0.2) is 11.9 Å². The number of carbonyl (C=O) groups excluding carboxylic acids is 6. The molecule has 0 bridgehead atoms. The van der Waals surface area contributed by atoms with Gasteiger partial charge in [0.05, 0.1) is 0 Å². The largest absolute Gasteiger partial charge is 0.511 e. The molecule has 262 valence electrons. The normalized spacial score (nSPS) is 30.8. The summed E-state index contributed by atoms with van der Waals surface area (Å²) in [4.78, 5) is 72.1. The van der Waals surface area contributed by atoms with Gasteiger partial charge >= 0.3 is 30.0 Å².